The van der Waals surface area contributed by atoms with Crippen molar-refractivity contribution in [2.24, 2.45) is 5.92 Å². The first-order chi connectivity index (χ1) is 10.2. The van der Waals surface area contributed by atoms with Gasteiger partial charge in [0.1, 0.15) is 0 Å². The van der Waals surface area contributed by atoms with Crippen molar-refractivity contribution in [1.29, 1.82) is 0 Å². The quantitative estimate of drug-likeness (QED) is 0.733. The molecule has 2 rings (SSSR count). The summed E-state index contributed by atoms with van der Waals surface area (Å²) in [5.74, 6) is 0.942. The summed E-state index contributed by atoms with van der Waals surface area (Å²) < 4.78 is 0. The van der Waals surface area contributed by atoms with Gasteiger partial charge >= 0.3 is 0 Å². The molecule has 1 aliphatic rings. The van der Waals surface area contributed by atoms with Crippen molar-refractivity contribution in [3.63, 3.8) is 0 Å². The van der Waals surface area contributed by atoms with E-state index in [1.165, 1.54) is 57.3 Å². The van der Waals surface area contributed by atoms with Gasteiger partial charge in [0, 0.05) is 6.04 Å². The summed E-state index contributed by atoms with van der Waals surface area (Å²) in [5, 5.41) is 3.67. The van der Waals surface area contributed by atoms with Crippen molar-refractivity contribution in [2.45, 2.75) is 52.0 Å². The summed E-state index contributed by atoms with van der Waals surface area (Å²) in [6.45, 7) is 9.74. The Hall–Kier alpha value is -0.860. The zero-order chi connectivity index (χ0) is 14.9. The van der Waals surface area contributed by atoms with Crippen LogP contribution in [0, 0.1) is 5.92 Å². The maximum atomic E-state index is 3.67. The van der Waals surface area contributed by atoms with Gasteiger partial charge in [0.2, 0.25) is 0 Å². The van der Waals surface area contributed by atoms with Gasteiger partial charge in [-0.2, -0.15) is 0 Å². The number of likely N-dealkylation sites (tertiary alicyclic amines) is 1. The van der Waals surface area contributed by atoms with Crippen molar-refractivity contribution in [3.05, 3.63) is 35.9 Å². The second-order valence-corrected chi connectivity index (χ2v) is 6.76. The largest absolute Gasteiger partial charge is 0.314 e. The van der Waals surface area contributed by atoms with Crippen molar-refractivity contribution in [3.8, 4) is 0 Å². The zero-order valence-corrected chi connectivity index (χ0v) is 13.9. The molecule has 0 radical (unpaired) electrons. The van der Waals surface area contributed by atoms with Crippen molar-refractivity contribution >= 4 is 0 Å². The molecular formula is C19H32N2. The summed E-state index contributed by atoms with van der Waals surface area (Å²) in [4.78, 5) is 2.64. The number of nitrogens with one attached hydrogen (secondary N) is 1. The van der Waals surface area contributed by atoms with Gasteiger partial charge < -0.3 is 10.2 Å². The van der Waals surface area contributed by atoms with E-state index in [0.717, 1.165) is 12.5 Å². The normalized spacial score (nSPS) is 18.8. The van der Waals surface area contributed by atoms with Crippen LogP contribution >= 0.6 is 0 Å². The number of hydrogen-bond acceptors (Lipinski definition) is 2. The van der Waals surface area contributed by atoms with Gasteiger partial charge in [-0.15, -0.1) is 0 Å². The molecule has 1 heterocycles. The lowest BCUT2D eigenvalue weighted by molar-refractivity contribution is 0.190. The van der Waals surface area contributed by atoms with Crippen LogP contribution < -0.4 is 5.32 Å². The molecule has 1 saturated heterocycles. The Labute approximate surface area is 130 Å². The predicted molar refractivity (Wildman–Crippen MR) is 91.7 cm³/mol. The SMILES string of the molecule is CC1CCN(CCCNC(C)CCc2ccccc2)CC1. The second kappa shape index (κ2) is 9.22. The molecule has 1 fully saturated rings. The van der Waals surface area contributed by atoms with E-state index in [9.17, 15) is 0 Å². The molecule has 118 valence electrons. The zero-order valence-electron chi connectivity index (χ0n) is 13.9. The fourth-order valence-corrected chi connectivity index (χ4v) is 3.07. The first-order valence-electron chi connectivity index (χ1n) is 8.73. The van der Waals surface area contributed by atoms with Gasteiger partial charge in [-0.25, -0.2) is 0 Å². The predicted octanol–water partition coefficient (Wildman–Crippen LogP) is 3.72. The Morgan fingerprint density at radius 1 is 1.19 bits per heavy atom. The highest BCUT2D eigenvalue weighted by molar-refractivity contribution is 5.14. The van der Waals surface area contributed by atoms with Crippen LogP contribution in [-0.4, -0.2) is 37.1 Å². The lowest BCUT2D eigenvalue weighted by Gasteiger charge is -2.30. The Bertz CT molecular complexity index is 368. The molecule has 1 atom stereocenters. The molecule has 2 nitrogen and oxygen atoms in total. The minimum absolute atomic E-state index is 0.617. The molecule has 1 aromatic rings. The standard InChI is InChI=1S/C19H32N2/c1-17-11-15-21(16-12-17)14-6-13-20-18(2)9-10-19-7-4-3-5-8-19/h3-5,7-8,17-18,20H,6,9-16H2,1-2H3. The Balaban J connectivity index is 1.50. The number of rotatable bonds is 8. The maximum absolute atomic E-state index is 3.67. The molecule has 0 aromatic heterocycles. The Morgan fingerprint density at radius 2 is 1.90 bits per heavy atom. The number of nitrogens with zero attached hydrogens (tertiary/aromatic N) is 1. The van der Waals surface area contributed by atoms with Crippen LogP contribution in [0.5, 0.6) is 0 Å². The molecule has 1 N–H and O–H groups in total. The van der Waals surface area contributed by atoms with E-state index in [0.29, 0.717) is 6.04 Å². The fourth-order valence-electron chi connectivity index (χ4n) is 3.07. The number of piperidine rings is 1. The Kier molecular flexibility index (Phi) is 7.25. The highest BCUT2D eigenvalue weighted by Gasteiger charge is 2.14. The highest BCUT2D eigenvalue weighted by Crippen LogP contribution is 2.15. The molecular weight excluding hydrogens is 256 g/mol. The van der Waals surface area contributed by atoms with Gasteiger partial charge in [-0.1, -0.05) is 37.3 Å². The monoisotopic (exact) mass is 288 g/mol. The topological polar surface area (TPSA) is 15.3 Å². The third-order valence-corrected chi connectivity index (χ3v) is 4.73. The van der Waals surface area contributed by atoms with Crippen LogP contribution in [0.2, 0.25) is 0 Å². The van der Waals surface area contributed by atoms with Gasteiger partial charge in [0.25, 0.3) is 0 Å². The summed E-state index contributed by atoms with van der Waals surface area (Å²) in [7, 11) is 0. The van der Waals surface area contributed by atoms with E-state index < -0.39 is 0 Å². The summed E-state index contributed by atoms with van der Waals surface area (Å²) in [6, 6.07) is 11.4. The lowest BCUT2D eigenvalue weighted by atomic mass is 9.99. The third kappa shape index (κ3) is 6.62. The maximum Gasteiger partial charge on any atom is 0.00419 e. The second-order valence-electron chi connectivity index (χ2n) is 6.76. The molecule has 0 spiro atoms. The molecule has 0 bridgehead atoms. The molecule has 0 amide bonds. The minimum Gasteiger partial charge on any atom is -0.314 e. The van der Waals surface area contributed by atoms with Crippen LogP contribution in [-0.2, 0) is 6.42 Å². The average molecular weight is 288 g/mol. The first-order valence-corrected chi connectivity index (χ1v) is 8.73. The molecule has 0 saturated carbocycles. The van der Waals surface area contributed by atoms with Gasteiger partial charge in [-0.3, -0.25) is 0 Å². The van der Waals surface area contributed by atoms with Crippen LogP contribution in [0.1, 0.15) is 45.1 Å². The van der Waals surface area contributed by atoms with E-state index in [-0.39, 0.29) is 0 Å². The molecule has 1 unspecified atom stereocenters. The van der Waals surface area contributed by atoms with Crippen molar-refractivity contribution in [1.82, 2.24) is 10.2 Å². The number of benzene rings is 1. The van der Waals surface area contributed by atoms with Crippen LogP contribution in [0.25, 0.3) is 0 Å². The van der Waals surface area contributed by atoms with E-state index in [1.807, 2.05) is 0 Å². The third-order valence-electron chi connectivity index (χ3n) is 4.73. The summed E-state index contributed by atoms with van der Waals surface area (Å²) in [5.41, 5.74) is 1.45. The van der Waals surface area contributed by atoms with E-state index >= 15 is 0 Å². The fraction of sp³-hybridized carbons (Fsp3) is 0.684. The van der Waals surface area contributed by atoms with Gasteiger partial charge in [0.15, 0.2) is 0 Å². The Morgan fingerprint density at radius 3 is 2.62 bits per heavy atom. The molecule has 0 aliphatic carbocycles. The number of hydrogen-bond donors (Lipinski definition) is 1. The van der Waals surface area contributed by atoms with E-state index in [1.54, 1.807) is 0 Å². The minimum atomic E-state index is 0.617. The van der Waals surface area contributed by atoms with E-state index in [4.69, 9.17) is 0 Å². The van der Waals surface area contributed by atoms with Crippen molar-refractivity contribution < 1.29 is 0 Å². The van der Waals surface area contributed by atoms with Crippen LogP contribution in [0.15, 0.2) is 30.3 Å². The van der Waals surface area contributed by atoms with E-state index in [2.05, 4.69) is 54.4 Å². The summed E-state index contributed by atoms with van der Waals surface area (Å²) in [6.07, 6.45) is 6.47. The van der Waals surface area contributed by atoms with Crippen molar-refractivity contribution in [2.75, 3.05) is 26.2 Å². The molecule has 1 aromatic carbocycles. The first kappa shape index (κ1) is 16.5. The van der Waals surface area contributed by atoms with Gasteiger partial charge in [-0.05, 0) is 76.7 Å². The summed E-state index contributed by atoms with van der Waals surface area (Å²) >= 11 is 0. The molecule has 1 aliphatic heterocycles. The lowest BCUT2D eigenvalue weighted by Crippen LogP contribution is -2.35. The van der Waals surface area contributed by atoms with Gasteiger partial charge in [0.05, 0.1) is 0 Å². The van der Waals surface area contributed by atoms with Crippen LogP contribution in [0.3, 0.4) is 0 Å². The van der Waals surface area contributed by atoms with Crippen LogP contribution in [0.4, 0.5) is 0 Å². The molecule has 2 heteroatoms. The highest BCUT2D eigenvalue weighted by atomic mass is 15.1. The average Bonchev–Trinajstić information content (AvgIpc) is 2.52. The number of aryl methyl sites for hydroxylation is 1. The smallest absolute Gasteiger partial charge is 0.00419 e. The molecule has 21 heavy (non-hydrogen) atoms.